The minimum atomic E-state index is -0.891. The molecule has 2 aromatic rings. The molecule has 0 saturated heterocycles. The molecule has 0 saturated carbocycles. The molecule has 0 aliphatic heterocycles. The summed E-state index contributed by atoms with van der Waals surface area (Å²) in [6, 6.07) is 7.42. The second-order valence-electron chi connectivity index (χ2n) is 4.72. The minimum absolute atomic E-state index is 0.220. The van der Waals surface area contributed by atoms with Gasteiger partial charge < -0.3 is 5.11 Å². The molecule has 0 bridgehead atoms. The van der Waals surface area contributed by atoms with Gasteiger partial charge in [-0.05, 0) is 24.0 Å². The number of benzene rings is 1. The van der Waals surface area contributed by atoms with Crippen molar-refractivity contribution in [2.24, 2.45) is 0 Å². The third-order valence-corrected chi connectivity index (χ3v) is 3.15. The van der Waals surface area contributed by atoms with E-state index in [0.29, 0.717) is 5.56 Å². The summed E-state index contributed by atoms with van der Waals surface area (Å²) in [5.41, 5.74) is 3.10. The Bertz CT molecular complexity index is 603. The van der Waals surface area contributed by atoms with E-state index in [-0.39, 0.29) is 5.92 Å². The molecule has 2 rings (SSSR count). The Kier molecular flexibility index (Phi) is 3.32. The molecule has 18 heavy (non-hydrogen) atoms. The second kappa shape index (κ2) is 4.77. The number of rotatable bonds is 3. The minimum Gasteiger partial charge on any atom is -0.478 e. The van der Waals surface area contributed by atoms with Crippen LogP contribution < -0.4 is 0 Å². The Labute approximate surface area is 106 Å². The highest BCUT2D eigenvalue weighted by atomic mass is 16.4. The van der Waals surface area contributed by atoms with Gasteiger partial charge >= 0.3 is 5.97 Å². The van der Waals surface area contributed by atoms with Crippen LogP contribution in [0.1, 0.15) is 48.3 Å². The maximum atomic E-state index is 11.4. The summed E-state index contributed by atoms with van der Waals surface area (Å²) in [6.07, 6.45) is 0.852. The van der Waals surface area contributed by atoms with Crippen LogP contribution in [0.25, 0.3) is 10.9 Å². The van der Waals surface area contributed by atoms with Crippen molar-refractivity contribution in [1.82, 2.24) is 4.98 Å². The first-order chi connectivity index (χ1) is 8.54. The van der Waals surface area contributed by atoms with Crippen molar-refractivity contribution in [2.45, 2.75) is 33.1 Å². The first-order valence-electron chi connectivity index (χ1n) is 6.20. The molecule has 3 nitrogen and oxygen atoms in total. The molecule has 1 heterocycles. The number of pyridine rings is 1. The third-order valence-electron chi connectivity index (χ3n) is 3.15. The lowest BCUT2D eigenvalue weighted by Gasteiger charge is -2.11. The van der Waals surface area contributed by atoms with Crippen LogP contribution in [-0.2, 0) is 6.42 Å². The van der Waals surface area contributed by atoms with Gasteiger partial charge in [0.05, 0.1) is 11.1 Å². The van der Waals surface area contributed by atoms with Crippen LogP contribution in [0.5, 0.6) is 0 Å². The number of hydrogen-bond donors (Lipinski definition) is 1. The zero-order chi connectivity index (χ0) is 13.3. The second-order valence-corrected chi connectivity index (χ2v) is 4.72. The molecular formula is C15H17NO2. The quantitative estimate of drug-likeness (QED) is 0.895. The molecular weight excluding hydrogens is 226 g/mol. The highest BCUT2D eigenvalue weighted by Crippen LogP contribution is 2.25. The lowest BCUT2D eigenvalue weighted by atomic mass is 10.00. The number of carbonyl (C=O) groups is 1. The van der Waals surface area contributed by atoms with Crippen LogP contribution in [0.3, 0.4) is 0 Å². The van der Waals surface area contributed by atoms with Gasteiger partial charge in [0.15, 0.2) is 0 Å². The lowest BCUT2D eigenvalue weighted by molar-refractivity contribution is 0.0699. The van der Waals surface area contributed by atoms with E-state index in [4.69, 9.17) is 0 Å². The average Bonchev–Trinajstić information content (AvgIpc) is 2.36. The fraction of sp³-hybridized carbons (Fsp3) is 0.333. The summed E-state index contributed by atoms with van der Waals surface area (Å²) >= 11 is 0. The summed E-state index contributed by atoms with van der Waals surface area (Å²) in [5, 5.41) is 10.1. The molecule has 0 radical (unpaired) electrons. The summed E-state index contributed by atoms with van der Waals surface area (Å²) in [4.78, 5) is 16.0. The Morgan fingerprint density at radius 2 is 2.11 bits per heavy atom. The highest BCUT2D eigenvalue weighted by molar-refractivity contribution is 6.03. The number of carboxylic acid groups (broad SMARTS) is 1. The maximum absolute atomic E-state index is 11.4. The average molecular weight is 243 g/mol. The number of aryl methyl sites for hydroxylation is 1. The van der Waals surface area contributed by atoms with Gasteiger partial charge in [0.2, 0.25) is 0 Å². The van der Waals surface area contributed by atoms with E-state index in [1.165, 1.54) is 0 Å². The van der Waals surface area contributed by atoms with E-state index in [2.05, 4.69) is 11.9 Å². The molecule has 0 aliphatic carbocycles. The first-order valence-corrected chi connectivity index (χ1v) is 6.20. The van der Waals surface area contributed by atoms with Gasteiger partial charge in [-0.15, -0.1) is 0 Å². The summed E-state index contributed by atoms with van der Waals surface area (Å²) < 4.78 is 0. The molecule has 3 heteroatoms. The van der Waals surface area contributed by atoms with E-state index in [1.807, 2.05) is 32.0 Å². The lowest BCUT2D eigenvalue weighted by Crippen LogP contribution is -2.04. The third kappa shape index (κ3) is 2.08. The van der Waals surface area contributed by atoms with E-state index in [0.717, 1.165) is 28.6 Å². The van der Waals surface area contributed by atoms with Crippen LogP contribution in [0, 0.1) is 0 Å². The van der Waals surface area contributed by atoms with Gasteiger partial charge in [-0.3, -0.25) is 4.98 Å². The largest absolute Gasteiger partial charge is 0.478 e. The molecule has 0 amide bonds. The fourth-order valence-corrected chi connectivity index (χ4v) is 2.09. The van der Waals surface area contributed by atoms with Gasteiger partial charge in [0, 0.05) is 11.1 Å². The summed E-state index contributed by atoms with van der Waals surface area (Å²) in [6.45, 7) is 6.10. The predicted octanol–water partition coefficient (Wildman–Crippen LogP) is 3.62. The Morgan fingerprint density at radius 3 is 2.67 bits per heavy atom. The van der Waals surface area contributed by atoms with Crippen molar-refractivity contribution >= 4 is 16.9 Å². The molecule has 1 N–H and O–H groups in total. The Hall–Kier alpha value is -1.90. The van der Waals surface area contributed by atoms with E-state index < -0.39 is 5.97 Å². The highest BCUT2D eigenvalue weighted by Gasteiger charge is 2.14. The molecule has 1 aromatic heterocycles. The standard InChI is InChI=1S/C15H17NO2/c1-4-10-6-5-7-11-12(15(17)18)8-13(9(2)3)16-14(10)11/h5-9H,4H2,1-3H3,(H,17,18). The molecule has 94 valence electrons. The monoisotopic (exact) mass is 243 g/mol. The normalized spacial score (nSPS) is 11.1. The van der Waals surface area contributed by atoms with Crippen molar-refractivity contribution in [3.8, 4) is 0 Å². The molecule has 0 fully saturated rings. The van der Waals surface area contributed by atoms with Crippen LogP contribution in [0.2, 0.25) is 0 Å². The summed E-state index contributed by atoms with van der Waals surface area (Å²) in [5.74, 6) is -0.671. The molecule has 0 spiro atoms. The van der Waals surface area contributed by atoms with Crippen molar-refractivity contribution in [3.63, 3.8) is 0 Å². The Morgan fingerprint density at radius 1 is 1.39 bits per heavy atom. The maximum Gasteiger partial charge on any atom is 0.336 e. The zero-order valence-corrected chi connectivity index (χ0v) is 10.9. The molecule has 1 aromatic carbocycles. The summed E-state index contributed by atoms with van der Waals surface area (Å²) in [7, 11) is 0. The van der Waals surface area contributed by atoms with Crippen LogP contribution in [-0.4, -0.2) is 16.1 Å². The molecule has 0 unspecified atom stereocenters. The number of hydrogen-bond acceptors (Lipinski definition) is 2. The van der Waals surface area contributed by atoms with E-state index in [1.54, 1.807) is 6.07 Å². The fourth-order valence-electron chi connectivity index (χ4n) is 2.09. The molecule has 0 atom stereocenters. The zero-order valence-electron chi connectivity index (χ0n) is 10.9. The van der Waals surface area contributed by atoms with Gasteiger partial charge in [-0.2, -0.15) is 0 Å². The SMILES string of the molecule is CCc1cccc2c(C(=O)O)cc(C(C)C)nc12. The van der Waals surface area contributed by atoms with Gasteiger partial charge in [-0.25, -0.2) is 4.79 Å². The van der Waals surface area contributed by atoms with E-state index >= 15 is 0 Å². The molecule has 0 aliphatic rings. The van der Waals surface area contributed by atoms with Gasteiger partial charge in [0.25, 0.3) is 0 Å². The number of carboxylic acids is 1. The van der Waals surface area contributed by atoms with Crippen LogP contribution in [0.15, 0.2) is 24.3 Å². The van der Waals surface area contributed by atoms with Crippen LogP contribution >= 0.6 is 0 Å². The topological polar surface area (TPSA) is 50.2 Å². The van der Waals surface area contributed by atoms with Gasteiger partial charge in [-0.1, -0.05) is 39.0 Å². The van der Waals surface area contributed by atoms with Crippen molar-refractivity contribution in [1.29, 1.82) is 0 Å². The predicted molar refractivity (Wildman–Crippen MR) is 72.2 cm³/mol. The van der Waals surface area contributed by atoms with Crippen LogP contribution in [0.4, 0.5) is 0 Å². The van der Waals surface area contributed by atoms with Crippen molar-refractivity contribution in [3.05, 3.63) is 41.1 Å². The number of para-hydroxylation sites is 1. The Balaban J connectivity index is 2.85. The number of nitrogens with zero attached hydrogens (tertiary/aromatic N) is 1. The first kappa shape index (κ1) is 12.6. The van der Waals surface area contributed by atoms with Crippen molar-refractivity contribution in [2.75, 3.05) is 0 Å². The number of aromatic carboxylic acids is 1. The van der Waals surface area contributed by atoms with Crippen molar-refractivity contribution < 1.29 is 9.90 Å². The number of fused-ring (bicyclic) bond motifs is 1. The smallest absolute Gasteiger partial charge is 0.336 e. The number of aromatic nitrogens is 1. The van der Waals surface area contributed by atoms with E-state index in [9.17, 15) is 9.90 Å². The van der Waals surface area contributed by atoms with Gasteiger partial charge in [0.1, 0.15) is 0 Å².